The van der Waals surface area contributed by atoms with E-state index in [0.717, 1.165) is 44.9 Å². The molecule has 8 heteroatoms. The maximum Gasteiger partial charge on any atom is 0.243 e. The van der Waals surface area contributed by atoms with Crippen LogP contribution in [0.1, 0.15) is 18.4 Å². The number of nitrogens with zero attached hydrogens (tertiary/aromatic N) is 3. The van der Waals surface area contributed by atoms with Crippen molar-refractivity contribution >= 4 is 15.9 Å². The van der Waals surface area contributed by atoms with Crippen molar-refractivity contribution in [3.63, 3.8) is 0 Å². The summed E-state index contributed by atoms with van der Waals surface area (Å²) in [5, 5.41) is 0. The Hall–Kier alpha value is -2.42. The first kappa shape index (κ1) is 23.7. The van der Waals surface area contributed by atoms with Crippen LogP contribution in [-0.4, -0.2) is 81.4 Å². The van der Waals surface area contributed by atoms with Crippen molar-refractivity contribution in [1.29, 1.82) is 0 Å². The first-order chi connectivity index (χ1) is 16.0. The number of carbonyl (C=O) groups is 1. The lowest BCUT2D eigenvalue weighted by atomic mass is 9.96. The lowest BCUT2D eigenvalue weighted by Gasteiger charge is -2.38. The number of sulfonamides is 1. The molecular formula is C25H33N3O4S. The Balaban J connectivity index is 1.21. The summed E-state index contributed by atoms with van der Waals surface area (Å²) >= 11 is 0. The van der Waals surface area contributed by atoms with Gasteiger partial charge in [-0.15, -0.1) is 0 Å². The maximum absolute atomic E-state index is 13.1. The molecule has 0 aliphatic carbocycles. The molecule has 2 aromatic carbocycles. The minimum Gasteiger partial charge on any atom is -0.497 e. The summed E-state index contributed by atoms with van der Waals surface area (Å²) in [6.07, 6.45) is 2.15. The summed E-state index contributed by atoms with van der Waals surface area (Å²) in [7, 11) is -1.81. The van der Waals surface area contributed by atoms with Gasteiger partial charge in [0.1, 0.15) is 5.75 Å². The second kappa shape index (κ2) is 10.7. The zero-order valence-corrected chi connectivity index (χ0v) is 20.0. The molecule has 2 saturated heterocycles. The first-order valence-corrected chi connectivity index (χ1v) is 13.1. The molecule has 2 aliphatic rings. The van der Waals surface area contributed by atoms with Crippen LogP contribution in [0.5, 0.6) is 5.75 Å². The molecule has 7 nitrogen and oxygen atoms in total. The lowest BCUT2D eigenvalue weighted by molar-refractivity contribution is -0.138. The number of amides is 1. The van der Waals surface area contributed by atoms with E-state index in [4.69, 9.17) is 4.74 Å². The van der Waals surface area contributed by atoms with Gasteiger partial charge in [0.25, 0.3) is 0 Å². The number of hydrogen-bond acceptors (Lipinski definition) is 5. The minimum atomic E-state index is -3.48. The number of piperazine rings is 1. The molecule has 2 aromatic rings. The third-order valence-electron chi connectivity index (χ3n) is 6.74. The molecule has 0 radical (unpaired) electrons. The predicted molar refractivity (Wildman–Crippen MR) is 128 cm³/mol. The first-order valence-electron chi connectivity index (χ1n) is 11.7. The number of methoxy groups -OCH3 is 1. The van der Waals surface area contributed by atoms with Gasteiger partial charge in [-0.1, -0.05) is 30.3 Å². The Morgan fingerprint density at radius 1 is 0.909 bits per heavy atom. The fourth-order valence-electron chi connectivity index (χ4n) is 4.61. The summed E-state index contributed by atoms with van der Waals surface area (Å²) < 4.78 is 32.4. The average Bonchev–Trinajstić information content (AvgIpc) is 2.88. The third kappa shape index (κ3) is 5.75. The molecular weight excluding hydrogens is 438 g/mol. The predicted octanol–water partition coefficient (Wildman–Crippen LogP) is 2.48. The number of rotatable bonds is 7. The highest BCUT2D eigenvalue weighted by molar-refractivity contribution is 7.89. The van der Waals surface area contributed by atoms with E-state index in [1.54, 1.807) is 31.4 Å². The molecule has 0 saturated carbocycles. The molecule has 0 aromatic heterocycles. The van der Waals surface area contributed by atoms with Gasteiger partial charge in [0.2, 0.25) is 15.9 Å². The van der Waals surface area contributed by atoms with Gasteiger partial charge in [-0.3, -0.25) is 9.69 Å². The monoisotopic (exact) mass is 471 g/mol. The fraction of sp³-hybridized carbons (Fsp3) is 0.480. The quantitative estimate of drug-likeness (QED) is 0.621. The summed E-state index contributed by atoms with van der Waals surface area (Å²) in [4.78, 5) is 17.7. The number of hydrogen-bond donors (Lipinski definition) is 0. The molecule has 0 unspecified atom stereocenters. The third-order valence-corrected chi connectivity index (χ3v) is 8.66. The van der Waals surface area contributed by atoms with Gasteiger partial charge in [0.05, 0.1) is 12.0 Å². The van der Waals surface area contributed by atoms with Gasteiger partial charge >= 0.3 is 0 Å². The molecule has 33 heavy (non-hydrogen) atoms. The molecule has 2 heterocycles. The molecule has 4 rings (SSSR count). The topological polar surface area (TPSA) is 70.2 Å². The number of ether oxygens (including phenoxy) is 1. The number of benzene rings is 2. The Kier molecular flexibility index (Phi) is 7.67. The van der Waals surface area contributed by atoms with E-state index in [-0.39, 0.29) is 11.8 Å². The maximum atomic E-state index is 13.1. The van der Waals surface area contributed by atoms with E-state index in [1.165, 1.54) is 9.87 Å². The number of piperidine rings is 1. The highest BCUT2D eigenvalue weighted by atomic mass is 32.2. The minimum absolute atomic E-state index is 0.0851. The van der Waals surface area contributed by atoms with Gasteiger partial charge in [-0.2, -0.15) is 4.31 Å². The molecule has 0 atom stereocenters. The zero-order valence-electron chi connectivity index (χ0n) is 19.2. The molecule has 1 amide bonds. The van der Waals surface area contributed by atoms with Crippen LogP contribution in [-0.2, 0) is 21.2 Å². The molecule has 2 aliphatic heterocycles. The standard InChI is InChI=1S/C25H33N3O4S/c1-32-23-9-7-21(8-10-23)11-14-26-17-19-27(20-18-26)25(29)22-12-15-28(16-13-22)33(30,31)24-5-3-2-4-6-24/h2-10,22H,11-20H2,1H3. The summed E-state index contributed by atoms with van der Waals surface area (Å²) in [5.74, 6) is 0.967. The Labute approximate surface area is 197 Å². The largest absolute Gasteiger partial charge is 0.497 e. The Morgan fingerprint density at radius 3 is 2.15 bits per heavy atom. The van der Waals surface area contributed by atoms with Gasteiger partial charge in [-0.05, 0) is 49.1 Å². The van der Waals surface area contributed by atoms with Gasteiger partial charge < -0.3 is 9.64 Å². The smallest absolute Gasteiger partial charge is 0.243 e. The molecule has 2 fully saturated rings. The average molecular weight is 472 g/mol. The Morgan fingerprint density at radius 2 is 1.55 bits per heavy atom. The van der Waals surface area contributed by atoms with Crippen LogP contribution in [0.25, 0.3) is 0 Å². The summed E-state index contributed by atoms with van der Waals surface area (Å²) in [6.45, 7) is 5.01. The van der Waals surface area contributed by atoms with Crippen LogP contribution < -0.4 is 4.74 Å². The van der Waals surface area contributed by atoms with E-state index >= 15 is 0 Å². The van der Waals surface area contributed by atoms with Crippen LogP contribution in [0.4, 0.5) is 0 Å². The van der Waals surface area contributed by atoms with Crippen molar-refractivity contribution in [3.05, 3.63) is 60.2 Å². The van der Waals surface area contributed by atoms with E-state index in [2.05, 4.69) is 17.0 Å². The molecule has 0 N–H and O–H groups in total. The number of carbonyl (C=O) groups excluding carboxylic acids is 1. The van der Waals surface area contributed by atoms with Crippen molar-refractivity contribution in [2.45, 2.75) is 24.2 Å². The van der Waals surface area contributed by atoms with E-state index in [9.17, 15) is 13.2 Å². The van der Waals surface area contributed by atoms with Crippen molar-refractivity contribution in [3.8, 4) is 5.75 Å². The second-order valence-electron chi connectivity index (χ2n) is 8.76. The summed E-state index contributed by atoms with van der Waals surface area (Å²) in [5.41, 5.74) is 1.28. The van der Waals surface area contributed by atoms with E-state index in [0.29, 0.717) is 30.8 Å². The fourth-order valence-corrected chi connectivity index (χ4v) is 6.10. The molecule has 0 spiro atoms. The van der Waals surface area contributed by atoms with Crippen LogP contribution in [0.15, 0.2) is 59.5 Å². The Bertz CT molecular complexity index is 1010. The normalized spacial score (nSPS) is 18.9. The van der Waals surface area contributed by atoms with Crippen molar-refractivity contribution < 1.29 is 17.9 Å². The molecule has 178 valence electrons. The van der Waals surface area contributed by atoms with Crippen molar-refractivity contribution in [2.24, 2.45) is 5.92 Å². The van der Waals surface area contributed by atoms with Gasteiger partial charge in [-0.25, -0.2) is 8.42 Å². The van der Waals surface area contributed by atoms with Gasteiger partial charge in [0.15, 0.2) is 0 Å². The van der Waals surface area contributed by atoms with E-state index in [1.807, 2.05) is 23.1 Å². The SMILES string of the molecule is COc1ccc(CCN2CCN(C(=O)C3CCN(S(=O)(=O)c4ccccc4)CC3)CC2)cc1. The highest BCUT2D eigenvalue weighted by Gasteiger charge is 2.34. The highest BCUT2D eigenvalue weighted by Crippen LogP contribution is 2.25. The van der Waals surface area contributed by atoms with Crippen LogP contribution in [0, 0.1) is 5.92 Å². The summed E-state index contributed by atoms with van der Waals surface area (Å²) in [6, 6.07) is 16.7. The van der Waals surface area contributed by atoms with Gasteiger partial charge in [0, 0.05) is 51.7 Å². The van der Waals surface area contributed by atoms with E-state index < -0.39 is 10.0 Å². The van der Waals surface area contributed by atoms with Crippen molar-refractivity contribution in [1.82, 2.24) is 14.1 Å². The second-order valence-corrected chi connectivity index (χ2v) is 10.7. The zero-order chi connectivity index (χ0) is 23.3. The van der Waals surface area contributed by atoms with Crippen molar-refractivity contribution in [2.75, 3.05) is 52.9 Å². The van der Waals surface area contributed by atoms with Crippen LogP contribution in [0.2, 0.25) is 0 Å². The van der Waals surface area contributed by atoms with Crippen LogP contribution >= 0.6 is 0 Å². The lowest BCUT2D eigenvalue weighted by Crippen LogP contribution is -2.52. The molecule has 0 bridgehead atoms. The van der Waals surface area contributed by atoms with Crippen LogP contribution in [0.3, 0.4) is 0 Å².